The number of carbonyl (C=O) groups excluding carboxylic acids is 2. The molecule has 8 heteroatoms. The van der Waals surface area contributed by atoms with Gasteiger partial charge in [0.1, 0.15) is 12.1 Å². The Bertz CT molecular complexity index is 1070. The Balaban J connectivity index is 1.09. The zero-order valence-corrected chi connectivity index (χ0v) is 21.1. The number of hydrogen-bond donors (Lipinski definition) is 2. The molecule has 2 aromatic carbocycles. The minimum Gasteiger partial charge on any atom is -0.376 e. The fourth-order valence-corrected chi connectivity index (χ4v) is 4.89. The Kier molecular flexibility index (Phi) is 8.63. The Morgan fingerprint density at radius 2 is 1.43 bits per heavy atom. The van der Waals surface area contributed by atoms with Crippen LogP contribution >= 0.6 is 0 Å². The minimum atomic E-state index is -0.338. The molecule has 3 aliphatic heterocycles. The van der Waals surface area contributed by atoms with Crippen LogP contribution in [0.4, 0.5) is 11.4 Å². The van der Waals surface area contributed by atoms with Crippen LogP contribution in [-0.2, 0) is 23.9 Å². The smallest absolute Gasteiger partial charge is 0.253 e. The standard InChI is InChI=1S/C29H35N3O5/c33-28(26-5-1-17-32(26)37-20-25-4-2-18-35-25)30-23-13-9-21(10-14-23)7-8-22-11-15-24(16-12-22)31-29(34)27-6-3-19-36-27/h7-16,25-27H,1-6,17-20H2,(H,30,33)(H,31,34)/b8-7+/t25-,26+,27-/m1/s1. The SMILES string of the molecule is O=C(Nc1ccc(/C=C/c2ccc(NC(=O)[C@@H]3CCCN3OC[C@H]3CCCO3)cc2)cc1)[C@H]1CCCO1. The summed E-state index contributed by atoms with van der Waals surface area (Å²) in [6, 6.07) is 15.2. The first-order chi connectivity index (χ1) is 18.1. The molecule has 2 N–H and O–H groups in total. The van der Waals surface area contributed by atoms with Crippen LogP contribution in [0.1, 0.15) is 49.7 Å². The second-order valence-electron chi connectivity index (χ2n) is 9.79. The molecular formula is C29H35N3O5. The van der Waals surface area contributed by atoms with Gasteiger partial charge >= 0.3 is 0 Å². The van der Waals surface area contributed by atoms with E-state index >= 15 is 0 Å². The molecule has 0 unspecified atom stereocenters. The van der Waals surface area contributed by atoms with Gasteiger partial charge in [-0.3, -0.25) is 14.4 Å². The normalized spacial score (nSPS) is 24.1. The van der Waals surface area contributed by atoms with Gasteiger partial charge in [-0.05, 0) is 73.9 Å². The fourth-order valence-electron chi connectivity index (χ4n) is 4.89. The molecule has 37 heavy (non-hydrogen) atoms. The number of anilines is 2. The maximum absolute atomic E-state index is 12.9. The Hall–Kier alpha value is -3.04. The van der Waals surface area contributed by atoms with Crippen molar-refractivity contribution in [2.75, 3.05) is 37.0 Å². The minimum absolute atomic E-state index is 0.0418. The van der Waals surface area contributed by atoms with E-state index in [0.717, 1.165) is 74.2 Å². The van der Waals surface area contributed by atoms with Gasteiger partial charge in [-0.1, -0.05) is 36.4 Å². The number of benzene rings is 2. The average Bonchev–Trinajstić information content (AvgIpc) is 3.71. The van der Waals surface area contributed by atoms with Crippen LogP contribution in [0.3, 0.4) is 0 Å². The summed E-state index contributed by atoms with van der Waals surface area (Å²) in [7, 11) is 0. The van der Waals surface area contributed by atoms with Gasteiger partial charge in [0.15, 0.2) is 0 Å². The molecule has 3 fully saturated rings. The number of hydroxylamine groups is 2. The summed E-state index contributed by atoms with van der Waals surface area (Å²) in [6.07, 6.45) is 9.36. The molecule has 0 spiro atoms. The molecule has 8 nitrogen and oxygen atoms in total. The number of hydrogen-bond acceptors (Lipinski definition) is 6. The summed E-state index contributed by atoms with van der Waals surface area (Å²) in [5, 5.41) is 7.75. The monoisotopic (exact) mass is 505 g/mol. The lowest BCUT2D eigenvalue weighted by atomic mass is 10.1. The largest absolute Gasteiger partial charge is 0.376 e. The van der Waals surface area contributed by atoms with Crippen molar-refractivity contribution in [2.24, 2.45) is 0 Å². The molecule has 5 rings (SSSR count). The van der Waals surface area contributed by atoms with Crippen molar-refractivity contribution in [1.82, 2.24) is 5.06 Å². The van der Waals surface area contributed by atoms with Gasteiger partial charge < -0.3 is 20.1 Å². The van der Waals surface area contributed by atoms with Crippen LogP contribution in [0.15, 0.2) is 48.5 Å². The highest BCUT2D eigenvalue weighted by Gasteiger charge is 2.32. The van der Waals surface area contributed by atoms with Crippen LogP contribution < -0.4 is 10.6 Å². The summed E-state index contributed by atoms with van der Waals surface area (Å²) in [4.78, 5) is 31.0. The van der Waals surface area contributed by atoms with Crippen molar-refractivity contribution in [3.8, 4) is 0 Å². The first-order valence-corrected chi connectivity index (χ1v) is 13.3. The third kappa shape index (κ3) is 7.05. The van der Waals surface area contributed by atoms with E-state index in [0.29, 0.717) is 13.2 Å². The molecule has 3 heterocycles. The van der Waals surface area contributed by atoms with Crippen LogP contribution in [-0.4, -0.2) is 61.5 Å². The Morgan fingerprint density at radius 1 is 0.811 bits per heavy atom. The predicted octanol–water partition coefficient (Wildman–Crippen LogP) is 4.49. The highest BCUT2D eigenvalue weighted by Crippen LogP contribution is 2.22. The van der Waals surface area contributed by atoms with E-state index in [2.05, 4.69) is 10.6 Å². The molecule has 0 aromatic heterocycles. The lowest BCUT2D eigenvalue weighted by Gasteiger charge is -2.24. The molecule has 2 amide bonds. The van der Waals surface area contributed by atoms with Crippen molar-refractivity contribution in [1.29, 1.82) is 0 Å². The number of nitrogens with zero attached hydrogens (tertiary/aromatic N) is 1. The summed E-state index contributed by atoms with van der Waals surface area (Å²) in [6.45, 7) is 2.72. The number of ether oxygens (including phenoxy) is 2. The average molecular weight is 506 g/mol. The summed E-state index contributed by atoms with van der Waals surface area (Å²) in [5.74, 6) is -0.125. The van der Waals surface area contributed by atoms with Crippen molar-refractivity contribution >= 4 is 35.3 Å². The van der Waals surface area contributed by atoms with Gasteiger partial charge in [-0.15, -0.1) is 0 Å². The maximum Gasteiger partial charge on any atom is 0.253 e. The zero-order valence-electron chi connectivity index (χ0n) is 21.1. The molecular weight excluding hydrogens is 470 g/mol. The molecule has 0 bridgehead atoms. The summed E-state index contributed by atoms with van der Waals surface area (Å²) < 4.78 is 11.0. The quantitative estimate of drug-likeness (QED) is 0.489. The van der Waals surface area contributed by atoms with Gasteiger partial charge in [0, 0.05) is 31.1 Å². The van der Waals surface area contributed by atoms with Gasteiger partial charge in [-0.2, -0.15) is 5.06 Å². The van der Waals surface area contributed by atoms with E-state index in [1.54, 1.807) is 0 Å². The first kappa shape index (κ1) is 25.6. The van der Waals surface area contributed by atoms with E-state index in [4.69, 9.17) is 14.3 Å². The van der Waals surface area contributed by atoms with Crippen LogP contribution in [0.5, 0.6) is 0 Å². The fraction of sp³-hybridized carbons (Fsp3) is 0.448. The van der Waals surface area contributed by atoms with E-state index in [1.165, 1.54) is 0 Å². The molecule has 2 aromatic rings. The van der Waals surface area contributed by atoms with Crippen molar-refractivity contribution < 1.29 is 23.9 Å². The molecule has 196 valence electrons. The predicted molar refractivity (Wildman–Crippen MR) is 143 cm³/mol. The maximum atomic E-state index is 12.9. The van der Waals surface area contributed by atoms with Crippen molar-refractivity contribution in [3.05, 3.63) is 59.7 Å². The van der Waals surface area contributed by atoms with Crippen molar-refractivity contribution in [3.63, 3.8) is 0 Å². The van der Waals surface area contributed by atoms with Crippen LogP contribution in [0.2, 0.25) is 0 Å². The second-order valence-corrected chi connectivity index (χ2v) is 9.79. The molecule has 3 atom stereocenters. The molecule has 0 radical (unpaired) electrons. The van der Waals surface area contributed by atoms with E-state index in [9.17, 15) is 9.59 Å². The Labute approximate surface area is 217 Å². The number of rotatable bonds is 9. The van der Waals surface area contributed by atoms with Gasteiger partial charge in [-0.25, -0.2) is 0 Å². The highest BCUT2D eigenvalue weighted by atomic mass is 16.7. The zero-order chi connectivity index (χ0) is 25.5. The summed E-state index contributed by atoms with van der Waals surface area (Å²) >= 11 is 0. The van der Waals surface area contributed by atoms with Crippen LogP contribution in [0.25, 0.3) is 12.2 Å². The Morgan fingerprint density at radius 3 is 2.03 bits per heavy atom. The molecule has 0 aliphatic carbocycles. The third-order valence-corrected chi connectivity index (χ3v) is 7.00. The van der Waals surface area contributed by atoms with E-state index < -0.39 is 0 Å². The second kappa shape index (κ2) is 12.5. The molecule has 3 saturated heterocycles. The van der Waals surface area contributed by atoms with Gasteiger partial charge in [0.2, 0.25) is 5.91 Å². The number of amides is 2. The first-order valence-electron chi connectivity index (χ1n) is 13.3. The van der Waals surface area contributed by atoms with Gasteiger partial charge in [0.05, 0.1) is 12.7 Å². The van der Waals surface area contributed by atoms with E-state index in [1.807, 2.05) is 65.7 Å². The van der Waals surface area contributed by atoms with Crippen molar-refractivity contribution in [2.45, 2.75) is 56.8 Å². The van der Waals surface area contributed by atoms with Crippen LogP contribution in [0, 0.1) is 0 Å². The lowest BCUT2D eigenvalue weighted by Crippen LogP contribution is -2.40. The third-order valence-electron chi connectivity index (χ3n) is 7.00. The topological polar surface area (TPSA) is 89.1 Å². The molecule has 3 aliphatic rings. The van der Waals surface area contributed by atoms with Gasteiger partial charge in [0.25, 0.3) is 5.91 Å². The number of nitrogens with one attached hydrogen (secondary N) is 2. The number of carbonyl (C=O) groups is 2. The van der Waals surface area contributed by atoms with E-state index in [-0.39, 0.29) is 30.1 Å². The lowest BCUT2D eigenvalue weighted by molar-refractivity contribution is -0.189. The molecule has 0 saturated carbocycles. The summed E-state index contributed by atoms with van der Waals surface area (Å²) in [5.41, 5.74) is 3.57. The highest BCUT2D eigenvalue weighted by molar-refractivity contribution is 5.95.